The second-order valence-electron chi connectivity index (χ2n) is 5.74. The number of rotatable bonds is 3. The van der Waals surface area contributed by atoms with Crippen LogP contribution in [0.5, 0.6) is 0 Å². The van der Waals surface area contributed by atoms with E-state index in [1.165, 1.54) is 6.07 Å². The molecule has 2 nitrogen and oxygen atoms in total. The van der Waals surface area contributed by atoms with E-state index in [0.29, 0.717) is 5.56 Å². The van der Waals surface area contributed by atoms with E-state index in [9.17, 15) is 4.39 Å². The maximum Gasteiger partial charge on any atom is 0.128 e. The molecule has 2 aromatic carbocycles. The zero-order chi connectivity index (χ0) is 15.9. The molecule has 4 heteroatoms. The quantitative estimate of drug-likeness (QED) is 0.655. The second-order valence-corrected chi connectivity index (χ2v) is 6.66. The summed E-state index contributed by atoms with van der Waals surface area (Å²) >= 11 is 3.45. The fourth-order valence-corrected chi connectivity index (χ4v) is 3.42. The summed E-state index contributed by atoms with van der Waals surface area (Å²) in [5.41, 5.74) is 2.94. The third kappa shape index (κ3) is 2.57. The molecule has 0 bridgehead atoms. The van der Waals surface area contributed by atoms with Crippen molar-refractivity contribution in [2.75, 3.05) is 14.1 Å². The van der Waals surface area contributed by atoms with Crippen LogP contribution in [-0.2, 0) is 7.05 Å². The first-order chi connectivity index (χ1) is 10.5. The monoisotopic (exact) mass is 360 g/mol. The molecule has 0 saturated carbocycles. The molecule has 3 rings (SSSR count). The van der Waals surface area contributed by atoms with Gasteiger partial charge in [0.25, 0.3) is 0 Å². The van der Waals surface area contributed by atoms with Gasteiger partial charge in [-0.25, -0.2) is 4.39 Å². The third-order valence-electron chi connectivity index (χ3n) is 3.99. The average Bonchev–Trinajstić information content (AvgIpc) is 2.80. The van der Waals surface area contributed by atoms with Gasteiger partial charge in [0.2, 0.25) is 0 Å². The number of benzene rings is 2. The zero-order valence-corrected chi connectivity index (χ0v) is 14.4. The fraction of sp³-hybridized carbons (Fsp3) is 0.222. The van der Waals surface area contributed by atoms with Gasteiger partial charge in [0.1, 0.15) is 5.82 Å². The van der Waals surface area contributed by atoms with Gasteiger partial charge in [0.15, 0.2) is 0 Å². The molecule has 0 amide bonds. The highest BCUT2D eigenvalue weighted by atomic mass is 79.9. The summed E-state index contributed by atoms with van der Waals surface area (Å²) in [7, 11) is 5.98. The Balaban J connectivity index is 2.25. The summed E-state index contributed by atoms with van der Waals surface area (Å²) in [6.45, 7) is 0. The molecule has 3 aromatic rings. The Morgan fingerprint density at radius 3 is 2.55 bits per heavy atom. The smallest absolute Gasteiger partial charge is 0.128 e. The summed E-state index contributed by atoms with van der Waals surface area (Å²) in [5.74, 6) is -0.185. The lowest BCUT2D eigenvalue weighted by Gasteiger charge is -2.25. The summed E-state index contributed by atoms with van der Waals surface area (Å²) in [6, 6.07) is 13.2. The van der Waals surface area contributed by atoms with Gasteiger partial charge in [-0.15, -0.1) is 0 Å². The van der Waals surface area contributed by atoms with Crippen LogP contribution < -0.4 is 0 Å². The van der Waals surface area contributed by atoms with Crippen LogP contribution in [0.1, 0.15) is 17.2 Å². The van der Waals surface area contributed by atoms with Crippen molar-refractivity contribution in [2.45, 2.75) is 6.04 Å². The Bertz CT molecular complexity index is 823. The van der Waals surface area contributed by atoms with E-state index >= 15 is 0 Å². The molecule has 0 fully saturated rings. The lowest BCUT2D eigenvalue weighted by atomic mass is 9.97. The van der Waals surface area contributed by atoms with Crippen molar-refractivity contribution in [3.05, 3.63) is 70.1 Å². The van der Waals surface area contributed by atoms with Crippen molar-refractivity contribution < 1.29 is 4.39 Å². The SMILES string of the molecule is CN(C)C(c1cc(Br)ccc1F)c1cn(C)c2ccccc12. The standard InChI is InChI=1S/C18H18BrFN2/c1-21(2)18(14-10-12(19)8-9-16(14)20)15-11-22(3)17-7-5-4-6-13(15)17/h4-11,18H,1-3H3. The van der Waals surface area contributed by atoms with E-state index in [0.717, 1.165) is 20.9 Å². The normalized spacial score (nSPS) is 13.0. The highest BCUT2D eigenvalue weighted by Gasteiger charge is 2.24. The largest absolute Gasteiger partial charge is 0.350 e. The van der Waals surface area contributed by atoms with Crippen LogP contribution >= 0.6 is 15.9 Å². The van der Waals surface area contributed by atoms with Gasteiger partial charge in [0.05, 0.1) is 6.04 Å². The Morgan fingerprint density at radius 1 is 1.09 bits per heavy atom. The first-order valence-corrected chi connectivity index (χ1v) is 7.93. The van der Waals surface area contributed by atoms with E-state index in [4.69, 9.17) is 0 Å². The van der Waals surface area contributed by atoms with Crippen LogP contribution in [0.3, 0.4) is 0 Å². The number of fused-ring (bicyclic) bond motifs is 1. The molecule has 0 aliphatic carbocycles. The summed E-state index contributed by atoms with van der Waals surface area (Å²) in [5, 5.41) is 1.16. The molecular formula is C18H18BrFN2. The zero-order valence-electron chi connectivity index (χ0n) is 12.8. The molecule has 0 N–H and O–H groups in total. The Kier molecular flexibility index (Phi) is 4.06. The molecule has 0 radical (unpaired) electrons. The predicted molar refractivity (Wildman–Crippen MR) is 92.5 cm³/mol. The number of hydrogen-bond acceptors (Lipinski definition) is 1. The molecule has 22 heavy (non-hydrogen) atoms. The minimum Gasteiger partial charge on any atom is -0.350 e. The number of hydrogen-bond donors (Lipinski definition) is 0. The van der Waals surface area contributed by atoms with Crippen LogP contribution in [0, 0.1) is 5.82 Å². The number of nitrogens with zero attached hydrogens (tertiary/aromatic N) is 2. The minimum absolute atomic E-state index is 0.136. The van der Waals surface area contributed by atoms with Gasteiger partial charge in [0, 0.05) is 34.2 Å². The van der Waals surface area contributed by atoms with Crippen molar-refractivity contribution in [1.82, 2.24) is 9.47 Å². The van der Waals surface area contributed by atoms with E-state index in [1.807, 2.05) is 44.2 Å². The molecule has 1 unspecified atom stereocenters. The van der Waals surface area contributed by atoms with Crippen LogP contribution in [-0.4, -0.2) is 23.6 Å². The lowest BCUT2D eigenvalue weighted by Crippen LogP contribution is -2.22. The van der Waals surface area contributed by atoms with Gasteiger partial charge >= 0.3 is 0 Å². The Hall–Kier alpha value is -1.65. The number of aryl methyl sites for hydroxylation is 1. The minimum atomic E-state index is -0.185. The summed E-state index contributed by atoms with van der Waals surface area (Å²) < 4.78 is 17.4. The maximum atomic E-state index is 14.4. The average molecular weight is 361 g/mol. The first-order valence-electron chi connectivity index (χ1n) is 7.14. The van der Waals surface area contributed by atoms with Gasteiger partial charge in [-0.2, -0.15) is 0 Å². The van der Waals surface area contributed by atoms with Gasteiger partial charge in [-0.3, -0.25) is 4.90 Å². The second kappa shape index (κ2) is 5.86. The first kappa shape index (κ1) is 15.3. The molecule has 0 spiro atoms. The van der Waals surface area contributed by atoms with Gasteiger partial charge < -0.3 is 4.57 Å². The van der Waals surface area contributed by atoms with Crippen LogP contribution in [0.4, 0.5) is 4.39 Å². The number of aromatic nitrogens is 1. The Morgan fingerprint density at radius 2 is 1.82 bits per heavy atom. The van der Waals surface area contributed by atoms with E-state index < -0.39 is 0 Å². The van der Waals surface area contributed by atoms with Crippen LogP contribution in [0.25, 0.3) is 10.9 Å². The topological polar surface area (TPSA) is 8.17 Å². The predicted octanol–water partition coefficient (Wildman–Crippen LogP) is 4.73. The van der Waals surface area contributed by atoms with Gasteiger partial charge in [-0.05, 0) is 43.9 Å². The van der Waals surface area contributed by atoms with Crippen molar-refractivity contribution in [3.63, 3.8) is 0 Å². The van der Waals surface area contributed by atoms with E-state index in [1.54, 1.807) is 6.07 Å². The molecule has 0 aliphatic heterocycles. The summed E-state index contributed by atoms with van der Waals surface area (Å²) in [4.78, 5) is 2.05. The molecule has 114 valence electrons. The van der Waals surface area contributed by atoms with Crippen molar-refractivity contribution in [3.8, 4) is 0 Å². The summed E-state index contributed by atoms with van der Waals surface area (Å²) in [6.07, 6.45) is 2.09. The van der Waals surface area contributed by atoms with Crippen molar-refractivity contribution in [1.29, 1.82) is 0 Å². The highest BCUT2D eigenvalue weighted by Crippen LogP contribution is 2.35. The molecule has 1 heterocycles. The van der Waals surface area contributed by atoms with Crippen LogP contribution in [0.15, 0.2) is 53.1 Å². The van der Waals surface area contributed by atoms with Crippen LogP contribution in [0.2, 0.25) is 0 Å². The molecule has 0 aliphatic rings. The number of para-hydroxylation sites is 1. The van der Waals surface area contributed by atoms with E-state index in [2.05, 4.69) is 38.8 Å². The molecule has 0 saturated heterocycles. The maximum absolute atomic E-state index is 14.4. The molecule has 1 atom stereocenters. The third-order valence-corrected chi connectivity index (χ3v) is 4.48. The molecular weight excluding hydrogens is 343 g/mol. The highest BCUT2D eigenvalue weighted by molar-refractivity contribution is 9.10. The molecule has 1 aromatic heterocycles. The van der Waals surface area contributed by atoms with Gasteiger partial charge in [-0.1, -0.05) is 34.1 Å². The van der Waals surface area contributed by atoms with Crippen molar-refractivity contribution >= 4 is 26.8 Å². The lowest BCUT2D eigenvalue weighted by molar-refractivity contribution is 0.335. The van der Waals surface area contributed by atoms with E-state index in [-0.39, 0.29) is 11.9 Å². The van der Waals surface area contributed by atoms with Crippen molar-refractivity contribution in [2.24, 2.45) is 7.05 Å². The fourth-order valence-electron chi connectivity index (χ4n) is 3.04. The number of halogens is 2. The Labute approximate surface area is 138 Å².